The smallest absolute Gasteiger partial charge is 0.274 e. The van der Waals surface area contributed by atoms with Crippen molar-refractivity contribution >= 4 is 17.4 Å². The Balaban J connectivity index is 1.49. The fraction of sp³-hybridized carbons (Fsp3) is 0.444. The van der Waals surface area contributed by atoms with Crippen LogP contribution in [0.2, 0.25) is 0 Å². The van der Waals surface area contributed by atoms with E-state index in [1.165, 1.54) is 0 Å². The molecule has 140 valence electrons. The van der Waals surface area contributed by atoms with Crippen LogP contribution in [0.25, 0.3) is 5.65 Å². The van der Waals surface area contributed by atoms with Crippen LogP contribution in [-0.2, 0) is 0 Å². The molecular weight excluding hydrogens is 344 g/mol. The maximum Gasteiger partial charge on any atom is 0.274 e. The predicted molar refractivity (Wildman–Crippen MR) is 99.8 cm³/mol. The van der Waals surface area contributed by atoms with Crippen molar-refractivity contribution in [3.63, 3.8) is 0 Å². The first-order valence-electron chi connectivity index (χ1n) is 9.00. The molecule has 27 heavy (non-hydrogen) atoms. The number of aryl methyl sites for hydroxylation is 1. The number of hydrogen-bond donors (Lipinski definition) is 0. The summed E-state index contributed by atoms with van der Waals surface area (Å²) in [5.74, 6) is 1.86. The minimum absolute atomic E-state index is 0.0694. The summed E-state index contributed by atoms with van der Waals surface area (Å²) in [6.45, 7) is 3.16. The zero-order valence-corrected chi connectivity index (χ0v) is 15.7. The van der Waals surface area contributed by atoms with E-state index in [2.05, 4.69) is 25.3 Å². The van der Waals surface area contributed by atoms with Gasteiger partial charge in [-0.15, -0.1) is 15.3 Å². The minimum atomic E-state index is -0.0694. The van der Waals surface area contributed by atoms with Crippen LogP contribution in [0.3, 0.4) is 0 Å². The van der Waals surface area contributed by atoms with Crippen LogP contribution in [0.5, 0.6) is 0 Å². The van der Waals surface area contributed by atoms with Crippen molar-refractivity contribution in [3.8, 4) is 0 Å². The lowest BCUT2D eigenvalue weighted by Crippen LogP contribution is -2.38. The molecule has 1 aliphatic heterocycles. The molecule has 4 rings (SSSR count). The van der Waals surface area contributed by atoms with Gasteiger partial charge in [-0.25, -0.2) is 4.98 Å². The Labute approximate surface area is 157 Å². The maximum atomic E-state index is 12.6. The van der Waals surface area contributed by atoms with E-state index in [0.717, 1.165) is 35.8 Å². The summed E-state index contributed by atoms with van der Waals surface area (Å²) in [6, 6.07) is 3.85. The van der Waals surface area contributed by atoms with Crippen molar-refractivity contribution in [2.24, 2.45) is 0 Å². The average molecular weight is 366 g/mol. The van der Waals surface area contributed by atoms with Crippen LogP contribution in [-0.4, -0.2) is 67.8 Å². The third-order valence-electron chi connectivity index (χ3n) is 4.88. The molecule has 0 aromatic carbocycles. The largest absolute Gasteiger partial charge is 0.361 e. The Morgan fingerprint density at radius 3 is 2.56 bits per heavy atom. The molecule has 0 N–H and O–H groups in total. The van der Waals surface area contributed by atoms with Crippen molar-refractivity contribution in [3.05, 3.63) is 41.7 Å². The summed E-state index contributed by atoms with van der Waals surface area (Å²) in [7, 11) is 3.91. The molecule has 9 heteroatoms. The highest BCUT2D eigenvalue weighted by Gasteiger charge is 2.28. The number of hydrogen-bond acceptors (Lipinski definition) is 7. The number of piperidine rings is 1. The number of aromatic nitrogens is 6. The molecule has 4 heterocycles. The zero-order valence-electron chi connectivity index (χ0n) is 15.7. The van der Waals surface area contributed by atoms with E-state index in [1.54, 1.807) is 12.4 Å². The highest BCUT2D eigenvalue weighted by Crippen LogP contribution is 2.27. The van der Waals surface area contributed by atoms with E-state index < -0.39 is 0 Å². The molecule has 3 aromatic rings. The topological polar surface area (TPSA) is 92.4 Å². The van der Waals surface area contributed by atoms with Crippen LogP contribution < -0.4 is 4.90 Å². The molecule has 0 unspecified atom stereocenters. The lowest BCUT2D eigenvalue weighted by atomic mass is 9.96. The molecule has 3 aromatic heterocycles. The summed E-state index contributed by atoms with van der Waals surface area (Å²) in [4.78, 5) is 24.7. The number of carbonyl (C=O) groups excluding carboxylic acids is 1. The number of likely N-dealkylation sites (tertiary alicyclic amines) is 1. The summed E-state index contributed by atoms with van der Waals surface area (Å²) < 4.78 is 1.82. The van der Waals surface area contributed by atoms with Gasteiger partial charge in [0.1, 0.15) is 11.5 Å². The van der Waals surface area contributed by atoms with Crippen LogP contribution >= 0.6 is 0 Å². The van der Waals surface area contributed by atoms with Crippen molar-refractivity contribution in [1.82, 2.24) is 34.7 Å². The first-order chi connectivity index (χ1) is 13.0. The normalized spacial score (nSPS) is 15.3. The lowest BCUT2D eigenvalue weighted by molar-refractivity contribution is 0.0704. The van der Waals surface area contributed by atoms with Gasteiger partial charge in [0, 0.05) is 39.3 Å². The molecule has 1 aliphatic rings. The molecule has 0 bridgehead atoms. The molecule has 1 fully saturated rings. The fourth-order valence-corrected chi connectivity index (χ4v) is 3.29. The number of nitrogens with zero attached hydrogens (tertiary/aromatic N) is 8. The van der Waals surface area contributed by atoms with Crippen LogP contribution in [0.1, 0.15) is 40.8 Å². The molecule has 0 saturated carbocycles. The van der Waals surface area contributed by atoms with Gasteiger partial charge in [-0.3, -0.25) is 9.78 Å². The second-order valence-corrected chi connectivity index (χ2v) is 7.02. The van der Waals surface area contributed by atoms with Gasteiger partial charge < -0.3 is 9.80 Å². The highest BCUT2D eigenvalue weighted by molar-refractivity contribution is 5.92. The summed E-state index contributed by atoms with van der Waals surface area (Å²) in [5.41, 5.74) is 1.93. The number of amides is 1. The van der Waals surface area contributed by atoms with Gasteiger partial charge in [0.25, 0.3) is 5.91 Å². The van der Waals surface area contributed by atoms with Crippen LogP contribution in [0.4, 0.5) is 5.82 Å². The number of carbonyl (C=O) groups is 1. The lowest BCUT2D eigenvalue weighted by Gasteiger charge is -2.30. The van der Waals surface area contributed by atoms with Gasteiger partial charge in [0.2, 0.25) is 0 Å². The number of fused-ring (bicyclic) bond motifs is 1. The highest BCUT2D eigenvalue weighted by atomic mass is 16.2. The van der Waals surface area contributed by atoms with Crippen molar-refractivity contribution in [2.75, 3.05) is 32.1 Å². The van der Waals surface area contributed by atoms with Gasteiger partial charge in [0.15, 0.2) is 11.5 Å². The van der Waals surface area contributed by atoms with Gasteiger partial charge >= 0.3 is 0 Å². The first-order valence-corrected chi connectivity index (χ1v) is 9.00. The molecule has 0 spiro atoms. The van der Waals surface area contributed by atoms with E-state index in [1.807, 2.05) is 47.5 Å². The minimum Gasteiger partial charge on any atom is -0.361 e. The Hall–Kier alpha value is -3.10. The van der Waals surface area contributed by atoms with E-state index >= 15 is 0 Å². The van der Waals surface area contributed by atoms with Crippen molar-refractivity contribution < 1.29 is 4.79 Å². The van der Waals surface area contributed by atoms with Gasteiger partial charge in [-0.2, -0.15) is 4.52 Å². The predicted octanol–water partition coefficient (Wildman–Crippen LogP) is 1.31. The fourth-order valence-electron chi connectivity index (χ4n) is 3.29. The Bertz CT molecular complexity index is 957. The van der Waals surface area contributed by atoms with E-state index in [0.29, 0.717) is 18.8 Å². The number of rotatable bonds is 3. The molecule has 1 saturated heterocycles. The molecule has 1 amide bonds. The third-order valence-corrected chi connectivity index (χ3v) is 4.88. The Morgan fingerprint density at radius 1 is 1.11 bits per heavy atom. The second-order valence-electron chi connectivity index (χ2n) is 7.02. The average Bonchev–Trinajstić information content (AvgIpc) is 3.11. The standard InChI is InChI=1S/C18H22N8O/c1-12-10-20-14(11-19-12)18(27)25-8-6-13(7-9-25)17-22-21-15-4-5-16(24(2)3)23-26(15)17/h4-5,10-11,13H,6-9H2,1-3H3. The van der Waals surface area contributed by atoms with Crippen LogP contribution in [0, 0.1) is 6.92 Å². The molecule has 0 radical (unpaired) electrons. The molecule has 0 atom stereocenters. The molecule has 9 nitrogen and oxygen atoms in total. The molecule has 0 aliphatic carbocycles. The summed E-state index contributed by atoms with van der Waals surface area (Å²) in [6.07, 6.45) is 4.80. The van der Waals surface area contributed by atoms with Gasteiger partial charge in [0.05, 0.1) is 11.9 Å². The third kappa shape index (κ3) is 3.32. The first kappa shape index (κ1) is 17.3. The van der Waals surface area contributed by atoms with Crippen molar-refractivity contribution in [1.29, 1.82) is 0 Å². The van der Waals surface area contributed by atoms with E-state index in [4.69, 9.17) is 0 Å². The quantitative estimate of drug-likeness (QED) is 0.690. The molecular formula is C18H22N8O. The monoisotopic (exact) mass is 366 g/mol. The SMILES string of the molecule is Cc1cnc(C(=O)N2CCC(c3nnc4ccc(N(C)C)nn34)CC2)cn1. The Morgan fingerprint density at radius 2 is 1.89 bits per heavy atom. The van der Waals surface area contributed by atoms with Crippen LogP contribution in [0.15, 0.2) is 24.5 Å². The second kappa shape index (κ2) is 6.90. The van der Waals surface area contributed by atoms with Gasteiger partial charge in [-0.1, -0.05) is 0 Å². The zero-order chi connectivity index (χ0) is 19.0. The number of anilines is 1. The summed E-state index contributed by atoms with van der Waals surface area (Å²) in [5, 5.41) is 13.2. The van der Waals surface area contributed by atoms with Gasteiger partial charge in [-0.05, 0) is 31.9 Å². The van der Waals surface area contributed by atoms with E-state index in [9.17, 15) is 4.79 Å². The Kier molecular flexibility index (Phi) is 4.43. The maximum absolute atomic E-state index is 12.6. The van der Waals surface area contributed by atoms with E-state index in [-0.39, 0.29) is 11.8 Å². The van der Waals surface area contributed by atoms with Crippen molar-refractivity contribution in [2.45, 2.75) is 25.7 Å². The summed E-state index contributed by atoms with van der Waals surface area (Å²) >= 11 is 0.